The monoisotopic (exact) mass is 516 g/mol. The van der Waals surface area contributed by atoms with Crippen LogP contribution in [0.2, 0.25) is 5.02 Å². The molecular weight excluding hydrogens is 486 g/mol. The lowest BCUT2D eigenvalue weighted by Gasteiger charge is -2.43. The van der Waals surface area contributed by atoms with E-state index < -0.39 is 29.6 Å². The second kappa shape index (κ2) is 11.5. The average Bonchev–Trinajstić information content (AvgIpc) is 2.86. The van der Waals surface area contributed by atoms with E-state index in [4.69, 9.17) is 16.3 Å². The number of carboxylic acid groups (broad SMARTS) is 1. The first-order chi connectivity index (χ1) is 17.1. The van der Waals surface area contributed by atoms with Gasteiger partial charge in [-0.1, -0.05) is 43.6 Å². The predicted molar refractivity (Wildman–Crippen MR) is 131 cm³/mol. The van der Waals surface area contributed by atoms with Crippen LogP contribution in [-0.4, -0.2) is 46.8 Å². The standard InChI is InChI=1S/C26H30ClN3O6/c1-17(2)22(24(33)34)28-23(32)18-9-8-14-30(15-18)16-36-25(35)29(3)26(13-7-6-12-21(26)31)19-10-4-5-11-20(19)27/h4-5,8-11,14-15,17,22H,6-7,12-13,16H2,1-3H3,(H-,28,32,33,34)/p+1/t22-,26+/m0/s1. The SMILES string of the molecule is CC(C)[C@H](NC(=O)c1ccc[n+](COC(=O)N(C)[C@@]2(c3ccccc3Cl)CCCCC2=O)c1)C(=O)O. The summed E-state index contributed by atoms with van der Waals surface area (Å²) in [7, 11) is 1.53. The first-order valence-corrected chi connectivity index (χ1v) is 12.2. The molecule has 2 aromatic rings. The van der Waals surface area contributed by atoms with Gasteiger partial charge in [0.25, 0.3) is 12.6 Å². The van der Waals surface area contributed by atoms with Crippen LogP contribution in [0, 0.1) is 5.92 Å². The number of likely N-dealkylation sites (N-methyl/N-ethyl adjacent to an activating group) is 1. The number of carbonyl (C=O) groups excluding carboxylic acids is 3. The molecule has 2 amide bonds. The molecule has 2 N–H and O–H groups in total. The molecule has 1 aromatic heterocycles. The number of ether oxygens (including phenoxy) is 1. The number of Topliss-reactive ketones (excluding diaryl/α,β-unsaturated/α-hetero) is 1. The van der Waals surface area contributed by atoms with Crippen LogP contribution in [0.25, 0.3) is 0 Å². The normalized spacial score (nSPS) is 18.4. The minimum Gasteiger partial charge on any atom is -0.480 e. The minimum atomic E-state index is -1.22. The fourth-order valence-corrected chi connectivity index (χ4v) is 4.78. The Morgan fingerprint density at radius 1 is 1.19 bits per heavy atom. The second-order valence-corrected chi connectivity index (χ2v) is 9.62. The highest BCUT2D eigenvalue weighted by atomic mass is 35.5. The van der Waals surface area contributed by atoms with Gasteiger partial charge in [-0.2, -0.15) is 4.57 Å². The molecule has 1 aliphatic carbocycles. The van der Waals surface area contributed by atoms with E-state index in [2.05, 4.69) is 5.32 Å². The summed E-state index contributed by atoms with van der Waals surface area (Å²) in [6.45, 7) is 3.18. The Balaban J connectivity index is 1.76. The fourth-order valence-electron chi connectivity index (χ4n) is 4.49. The van der Waals surface area contributed by atoms with Gasteiger partial charge in [-0.05, 0) is 37.3 Å². The lowest BCUT2D eigenvalue weighted by Crippen LogP contribution is -2.55. The molecule has 2 atom stereocenters. The average molecular weight is 517 g/mol. The van der Waals surface area contributed by atoms with Crippen molar-refractivity contribution in [3.63, 3.8) is 0 Å². The maximum atomic E-state index is 13.2. The molecular formula is C26H31ClN3O6+. The number of aliphatic carboxylic acids is 1. The van der Waals surface area contributed by atoms with Crippen molar-refractivity contribution in [2.24, 2.45) is 5.92 Å². The highest BCUT2D eigenvalue weighted by Crippen LogP contribution is 2.42. The van der Waals surface area contributed by atoms with Crippen LogP contribution in [0.15, 0.2) is 48.8 Å². The third-order valence-electron chi connectivity index (χ3n) is 6.50. The van der Waals surface area contributed by atoms with Crippen molar-refractivity contribution in [1.82, 2.24) is 10.2 Å². The molecule has 1 saturated carbocycles. The molecule has 0 aliphatic heterocycles. The number of carboxylic acids is 1. The van der Waals surface area contributed by atoms with E-state index >= 15 is 0 Å². The van der Waals surface area contributed by atoms with E-state index in [9.17, 15) is 24.3 Å². The summed E-state index contributed by atoms with van der Waals surface area (Å²) >= 11 is 6.45. The van der Waals surface area contributed by atoms with E-state index in [0.717, 1.165) is 12.8 Å². The maximum Gasteiger partial charge on any atom is 0.415 e. The number of ketones is 1. The molecule has 10 heteroatoms. The zero-order valence-electron chi connectivity index (χ0n) is 20.6. The number of benzene rings is 1. The lowest BCUT2D eigenvalue weighted by molar-refractivity contribution is -0.727. The first-order valence-electron chi connectivity index (χ1n) is 11.8. The number of nitrogens with one attached hydrogen (secondary N) is 1. The number of halogens is 1. The van der Waals surface area contributed by atoms with Crippen molar-refractivity contribution in [3.05, 3.63) is 64.9 Å². The minimum absolute atomic E-state index is 0.0919. The molecule has 9 nitrogen and oxygen atoms in total. The van der Waals surface area contributed by atoms with Gasteiger partial charge in [-0.25, -0.2) is 9.59 Å². The van der Waals surface area contributed by atoms with Crippen LogP contribution in [0.4, 0.5) is 4.79 Å². The molecule has 0 unspecified atom stereocenters. The van der Waals surface area contributed by atoms with E-state index in [1.165, 1.54) is 28.8 Å². The smallest absolute Gasteiger partial charge is 0.415 e. The molecule has 3 rings (SSSR count). The van der Waals surface area contributed by atoms with Gasteiger partial charge in [-0.3, -0.25) is 14.5 Å². The van der Waals surface area contributed by atoms with Crippen LogP contribution in [0.3, 0.4) is 0 Å². The van der Waals surface area contributed by atoms with E-state index in [0.29, 0.717) is 23.4 Å². The zero-order chi connectivity index (χ0) is 26.5. The Morgan fingerprint density at radius 2 is 1.92 bits per heavy atom. The highest BCUT2D eigenvalue weighted by molar-refractivity contribution is 6.31. The van der Waals surface area contributed by atoms with Crippen LogP contribution in [-0.2, 0) is 26.6 Å². The number of carbonyl (C=O) groups is 4. The Labute approximate surface area is 215 Å². The van der Waals surface area contributed by atoms with Crippen molar-refractivity contribution in [2.75, 3.05) is 7.05 Å². The number of rotatable bonds is 8. The third-order valence-corrected chi connectivity index (χ3v) is 6.83. The van der Waals surface area contributed by atoms with Gasteiger partial charge < -0.3 is 15.2 Å². The number of aromatic nitrogens is 1. The van der Waals surface area contributed by atoms with E-state index in [-0.39, 0.29) is 24.0 Å². The maximum absolute atomic E-state index is 13.2. The molecule has 0 radical (unpaired) electrons. The zero-order valence-corrected chi connectivity index (χ0v) is 21.3. The topological polar surface area (TPSA) is 117 Å². The van der Waals surface area contributed by atoms with Crippen LogP contribution in [0.1, 0.15) is 55.5 Å². The van der Waals surface area contributed by atoms with Gasteiger partial charge >= 0.3 is 12.1 Å². The van der Waals surface area contributed by atoms with E-state index in [1.54, 1.807) is 50.4 Å². The third kappa shape index (κ3) is 5.67. The van der Waals surface area contributed by atoms with Crippen LogP contribution >= 0.6 is 11.6 Å². The van der Waals surface area contributed by atoms with E-state index in [1.807, 2.05) is 0 Å². The first kappa shape index (κ1) is 27.1. The van der Waals surface area contributed by atoms with Gasteiger partial charge in [0.1, 0.15) is 17.1 Å². The summed E-state index contributed by atoms with van der Waals surface area (Å²) in [6, 6.07) is 9.09. The summed E-state index contributed by atoms with van der Waals surface area (Å²) in [4.78, 5) is 51.6. The van der Waals surface area contributed by atoms with Crippen molar-refractivity contribution in [3.8, 4) is 0 Å². The molecule has 0 bridgehead atoms. The summed E-state index contributed by atoms with van der Waals surface area (Å²) in [5.41, 5.74) is -0.438. The van der Waals surface area contributed by atoms with Crippen molar-refractivity contribution >= 4 is 35.4 Å². The van der Waals surface area contributed by atoms with Gasteiger partial charge in [0.15, 0.2) is 18.2 Å². The Hall–Kier alpha value is -3.46. The number of pyridine rings is 1. The van der Waals surface area contributed by atoms with Gasteiger partial charge in [0.2, 0.25) is 0 Å². The summed E-state index contributed by atoms with van der Waals surface area (Å²) in [5, 5.41) is 12.2. The largest absolute Gasteiger partial charge is 0.480 e. The Bertz CT molecular complexity index is 1150. The van der Waals surface area contributed by atoms with Crippen LogP contribution < -0.4 is 9.88 Å². The molecule has 0 spiro atoms. The van der Waals surface area contributed by atoms with Gasteiger partial charge in [0.05, 0.1) is 0 Å². The summed E-state index contributed by atoms with van der Waals surface area (Å²) in [6.07, 6.45) is 4.63. The van der Waals surface area contributed by atoms with Gasteiger partial charge in [0, 0.05) is 30.1 Å². The number of hydrogen-bond acceptors (Lipinski definition) is 5. The van der Waals surface area contributed by atoms with Crippen molar-refractivity contribution in [1.29, 1.82) is 0 Å². The molecule has 36 heavy (non-hydrogen) atoms. The number of amides is 2. The van der Waals surface area contributed by atoms with Crippen molar-refractivity contribution in [2.45, 2.75) is 57.8 Å². The molecule has 192 valence electrons. The predicted octanol–water partition coefficient (Wildman–Crippen LogP) is 3.53. The summed E-state index contributed by atoms with van der Waals surface area (Å²) < 4.78 is 6.98. The number of hydrogen-bond donors (Lipinski definition) is 2. The molecule has 1 fully saturated rings. The number of nitrogens with zero attached hydrogens (tertiary/aromatic N) is 2. The second-order valence-electron chi connectivity index (χ2n) is 9.21. The molecule has 0 saturated heterocycles. The fraction of sp³-hybridized carbons (Fsp3) is 0.423. The Kier molecular flexibility index (Phi) is 8.68. The van der Waals surface area contributed by atoms with Gasteiger partial charge in [-0.15, -0.1) is 0 Å². The van der Waals surface area contributed by atoms with Crippen LogP contribution in [0.5, 0.6) is 0 Å². The molecule has 1 aliphatic rings. The Morgan fingerprint density at radius 3 is 2.56 bits per heavy atom. The van der Waals surface area contributed by atoms with Crippen molar-refractivity contribution < 1.29 is 33.6 Å². The lowest BCUT2D eigenvalue weighted by atomic mass is 9.74. The summed E-state index contributed by atoms with van der Waals surface area (Å²) in [5.74, 6) is -2.07. The quantitative estimate of drug-likeness (QED) is 0.518. The highest BCUT2D eigenvalue weighted by Gasteiger charge is 2.48. The molecule has 1 heterocycles. The molecule has 1 aromatic carbocycles.